The second-order valence-corrected chi connectivity index (χ2v) is 8.82. The molecular formula is C22H22F2N6O3. The fraction of sp³-hybridized carbons (Fsp3) is 0.364. The Balaban J connectivity index is 1.47. The largest absolute Gasteiger partial charge is 0.487 e. The van der Waals surface area contributed by atoms with Gasteiger partial charge in [-0.3, -0.25) is 9.38 Å². The van der Waals surface area contributed by atoms with Crippen LogP contribution in [0.1, 0.15) is 55.8 Å². The first-order valence-electron chi connectivity index (χ1n) is 10.5. The van der Waals surface area contributed by atoms with Gasteiger partial charge in [-0.15, -0.1) is 5.10 Å². The van der Waals surface area contributed by atoms with Crippen molar-refractivity contribution in [2.24, 2.45) is 0 Å². The number of hydrogen-bond acceptors (Lipinski definition) is 7. The van der Waals surface area contributed by atoms with Crippen molar-refractivity contribution in [1.29, 1.82) is 0 Å². The number of rotatable bonds is 7. The van der Waals surface area contributed by atoms with Gasteiger partial charge in [-0.05, 0) is 26.7 Å². The summed E-state index contributed by atoms with van der Waals surface area (Å²) in [6.07, 6.45) is 7.03. The predicted octanol–water partition coefficient (Wildman–Crippen LogP) is 2.70. The number of fused-ring (bicyclic) bond motifs is 1. The summed E-state index contributed by atoms with van der Waals surface area (Å²) >= 11 is 0. The van der Waals surface area contributed by atoms with E-state index in [2.05, 4.69) is 20.3 Å². The van der Waals surface area contributed by atoms with Crippen molar-refractivity contribution in [3.63, 3.8) is 0 Å². The van der Waals surface area contributed by atoms with Gasteiger partial charge in [-0.25, -0.2) is 18.4 Å². The number of nitrogens with zero attached hydrogens (tertiary/aromatic N) is 6. The first-order valence-corrected chi connectivity index (χ1v) is 10.5. The first-order chi connectivity index (χ1) is 15.7. The molecule has 5 rings (SSSR count). The highest BCUT2D eigenvalue weighted by Crippen LogP contribution is 2.42. The summed E-state index contributed by atoms with van der Waals surface area (Å²) in [6, 6.07) is 1.81. The molecule has 9 nitrogen and oxygen atoms in total. The molecule has 3 aromatic heterocycles. The van der Waals surface area contributed by atoms with Crippen molar-refractivity contribution in [1.82, 2.24) is 29.4 Å². The third-order valence-electron chi connectivity index (χ3n) is 5.37. The van der Waals surface area contributed by atoms with Gasteiger partial charge in [-0.2, -0.15) is 0 Å². The summed E-state index contributed by atoms with van der Waals surface area (Å²) in [7, 11) is 0. The highest BCUT2D eigenvalue weighted by atomic mass is 19.1. The van der Waals surface area contributed by atoms with Crippen LogP contribution in [0, 0.1) is 11.6 Å². The van der Waals surface area contributed by atoms with Crippen LogP contribution in [0.5, 0.6) is 5.75 Å². The molecule has 2 N–H and O–H groups in total. The van der Waals surface area contributed by atoms with Crippen molar-refractivity contribution in [3.8, 4) is 11.4 Å². The van der Waals surface area contributed by atoms with Crippen molar-refractivity contribution in [2.45, 2.75) is 44.3 Å². The van der Waals surface area contributed by atoms with Gasteiger partial charge in [0.05, 0.1) is 47.4 Å². The monoisotopic (exact) mass is 456 g/mol. The van der Waals surface area contributed by atoms with Gasteiger partial charge in [0.2, 0.25) is 0 Å². The van der Waals surface area contributed by atoms with E-state index in [0.717, 1.165) is 40.9 Å². The topological polar surface area (TPSA) is 111 Å². The van der Waals surface area contributed by atoms with E-state index in [4.69, 9.17) is 4.74 Å². The lowest BCUT2D eigenvalue weighted by Gasteiger charge is -2.18. The molecule has 0 unspecified atom stereocenters. The van der Waals surface area contributed by atoms with E-state index in [9.17, 15) is 19.0 Å². The number of benzene rings is 1. The Hall–Kier alpha value is -3.44. The number of aliphatic hydroxyl groups excluding tert-OH is 1. The van der Waals surface area contributed by atoms with Crippen LogP contribution in [0.3, 0.4) is 0 Å². The second-order valence-electron chi connectivity index (χ2n) is 8.82. The molecule has 33 heavy (non-hydrogen) atoms. The third kappa shape index (κ3) is 4.16. The molecule has 0 amide bonds. The molecule has 1 atom stereocenters. The molecule has 1 fully saturated rings. The zero-order valence-electron chi connectivity index (χ0n) is 18.0. The molecule has 172 valence electrons. The van der Waals surface area contributed by atoms with Crippen molar-refractivity contribution in [3.05, 3.63) is 65.8 Å². The Kier molecular flexibility index (Phi) is 5.09. The maximum Gasteiger partial charge on any atom is 0.167 e. The number of halogens is 2. The first kappa shape index (κ1) is 21.4. The average Bonchev–Trinajstić information content (AvgIpc) is 3.29. The number of aromatic nitrogens is 6. The van der Waals surface area contributed by atoms with E-state index in [0.29, 0.717) is 5.69 Å². The minimum atomic E-state index is -1.20. The molecule has 0 aliphatic heterocycles. The van der Waals surface area contributed by atoms with Crippen LogP contribution < -0.4 is 4.74 Å². The lowest BCUT2D eigenvalue weighted by molar-refractivity contribution is 0.0270. The van der Waals surface area contributed by atoms with Crippen LogP contribution in [0.25, 0.3) is 11.2 Å². The molecule has 0 spiro atoms. The minimum Gasteiger partial charge on any atom is -0.487 e. The van der Waals surface area contributed by atoms with Crippen LogP contribution in [-0.2, 0) is 0 Å². The zero-order valence-corrected chi connectivity index (χ0v) is 18.0. The molecule has 0 radical (unpaired) electrons. The minimum absolute atomic E-state index is 0.155. The maximum absolute atomic E-state index is 14.7. The van der Waals surface area contributed by atoms with Crippen LogP contribution in [0.2, 0.25) is 0 Å². The summed E-state index contributed by atoms with van der Waals surface area (Å²) in [5.41, 5.74) is 0.757. The fourth-order valence-electron chi connectivity index (χ4n) is 3.59. The molecule has 0 saturated heterocycles. The summed E-state index contributed by atoms with van der Waals surface area (Å²) in [5.74, 6) is -1.70. The molecular weight excluding hydrogens is 434 g/mol. The van der Waals surface area contributed by atoms with Crippen LogP contribution in [0.15, 0.2) is 37.1 Å². The van der Waals surface area contributed by atoms with Crippen LogP contribution in [-0.4, -0.2) is 51.8 Å². The summed E-state index contributed by atoms with van der Waals surface area (Å²) < 4.78 is 37.2. The van der Waals surface area contributed by atoms with E-state index < -0.39 is 23.3 Å². The molecule has 11 heteroatoms. The Bertz CT molecular complexity index is 1330. The molecule has 1 aliphatic rings. The highest BCUT2D eigenvalue weighted by Gasteiger charge is 2.32. The fourth-order valence-corrected chi connectivity index (χ4v) is 3.59. The highest BCUT2D eigenvalue weighted by molar-refractivity contribution is 5.47. The maximum atomic E-state index is 14.7. The van der Waals surface area contributed by atoms with Gasteiger partial charge in [0.25, 0.3) is 0 Å². The van der Waals surface area contributed by atoms with Gasteiger partial charge in [0.15, 0.2) is 17.4 Å². The van der Waals surface area contributed by atoms with Crippen LogP contribution in [0.4, 0.5) is 8.78 Å². The zero-order chi connectivity index (χ0) is 23.3. The van der Waals surface area contributed by atoms with Gasteiger partial charge in [0, 0.05) is 18.1 Å². The summed E-state index contributed by atoms with van der Waals surface area (Å²) in [4.78, 5) is 8.63. The smallest absolute Gasteiger partial charge is 0.167 e. The Labute approximate surface area is 187 Å². The van der Waals surface area contributed by atoms with E-state index >= 15 is 0 Å². The number of ether oxygens (including phenoxy) is 1. The lowest BCUT2D eigenvalue weighted by atomic mass is 10.1. The summed E-state index contributed by atoms with van der Waals surface area (Å²) in [6.45, 7) is 2.78. The van der Waals surface area contributed by atoms with Gasteiger partial charge < -0.3 is 14.9 Å². The SMILES string of the molecule is CC(C)(O)COc1cc(F)c(-n2cc([C@H](O)c3c(C4CC4)ncc4cncn34)nn2)cc1F. The second kappa shape index (κ2) is 7.85. The van der Waals surface area contributed by atoms with E-state index in [1.807, 2.05) is 0 Å². The quantitative estimate of drug-likeness (QED) is 0.440. The Morgan fingerprint density at radius 1 is 1.21 bits per heavy atom. The van der Waals surface area contributed by atoms with E-state index in [-0.39, 0.29) is 29.7 Å². The van der Waals surface area contributed by atoms with Gasteiger partial charge in [-0.1, -0.05) is 5.21 Å². The van der Waals surface area contributed by atoms with Crippen molar-refractivity contribution in [2.75, 3.05) is 6.61 Å². The van der Waals surface area contributed by atoms with Gasteiger partial charge in [0.1, 0.15) is 24.1 Å². The number of aliphatic hydroxyl groups is 2. The standard InChI is InChI=1S/C22H22F2N6O3/c1-22(2,32)10-33-18-6-14(23)17(5-15(18)24)30-9-16(27-28-30)21(31)20-19(12-3-4-12)26-8-13-7-25-11-29(13)20/h5-9,11-12,21,31-32H,3-4,10H2,1-2H3/t21-/m0/s1. The predicted molar refractivity (Wildman–Crippen MR) is 112 cm³/mol. The van der Waals surface area contributed by atoms with E-state index in [1.54, 1.807) is 23.1 Å². The van der Waals surface area contributed by atoms with Crippen molar-refractivity contribution >= 4 is 5.52 Å². The summed E-state index contributed by atoms with van der Waals surface area (Å²) in [5, 5.41) is 28.7. The number of imidazole rings is 1. The number of hydrogen-bond donors (Lipinski definition) is 2. The Morgan fingerprint density at radius 2 is 2.00 bits per heavy atom. The molecule has 1 aromatic carbocycles. The lowest BCUT2D eigenvalue weighted by Crippen LogP contribution is -2.28. The van der Waals surface area contributed by atoms with Gasteiger partial charge >= 0.3 is 0 Å². The van der Waals surface area contributed by atoms with Crippen LogP contribution >= 0.6 is 0 Å². The normalized spacial score (nSPS) is 15.2. The van der Waals surface area contributed by atoms with Crippen molar-refractivity contribution < 1.29 is 23.7 Å². The third-order valence-corrected chi connectivity index (χ3v) is 5.37. The van der Waals surface area contributed by atoms with E-state index in [1.165, 1.54) is 20.0 Å². The molecule has 3 heterocycles. The molecule has 0 bridgehead atoms. The Morgan fingerprint density at radius 3 is 2.73 bits per heavy atom. The molecule has 1 saturated carbocycles. The average molecular weight is 456 g/mol. The molecule has 1 aliphatic carbocycles. The molecule has 4 aromatic rings.